The number of hydrogen-bond donors (Lipinski definition) is 1. The van der Waals surface area contributed by atoms with Gasteiger partial charge in [-0.15, -0.1) is 0 Å². The molecule has 3 aliphatic heterocycles. The van der Waals surface area contributed by atoms with Crippen molar-refractivity contribution in [2.45, 2.75) is 31.3 Å². The van der Waals surface area contributed by atoms with E-state index in [2.05, 4.69) is 38.8 Å². The highest BCUT2D eigenvalue weighted by Gasteiger charge is 2.31. The van der Waals surface area contributed by atoms with Crippen LogP contribution in [-0.2, 0) is 0 Å². The van der Waals surface area contributed by atoms with Gasteiger partial charge in [0, 0.05) is 57.9 Å². The van der Waals surface area contributed by atoms with Crippen molar-refractivity contribution in [1.29, 1.82) is 0 Å². The number of nitrogens with two attached hydrogens (primary N) is 1. The van der Waals surface area contributed by atoms with Crippen LogP contribution >= 0.6 is 0 Å². The van der Waals surface area contributed by atoms with E-state index in [9.17, 15) is 0 Å². The first-order chi connectivity index (χ1) is 11.1. The molecule has 23 heavy (non-hydrogen) atoms. The molecule has 0 spiro atoms. The maximum atomic E-state index is 6.44. The van der Waals surface area contributed by atoms with Gasteiger partial charge in [-0.25, -0.2) is 10.0 Å². The molecule has 3 fully saturated rings. The summed E-state index contributed by atoms with van der Waals surface area (Å²) in [7, 11) is 4.48. The molecule has 0 aliphatic carbocycles. The molecule has 0 aromatic heterocycles. The summed E-state index contributed by atoms with van der Waals surface area (Å²) < 4.78 is 0. The Morgan fingerprint density at radius 2 is 1.39 bits per heavy atom. The van der Waals surface area contributed by atoms with Gasteiger partial charge in [0.15, 0.2) is 0 Å². The van der Waals surface area contributed by atoms with E-state index in [1.165, 1.54) is 58.7 Å². The molecule has 2 unspecified atom stereocenters. The molecule has 6 heteroatoms. The highest BCUT2D eigenvalue weighted by molar-refractivity contribution is 4.90. The number of piperidine rings is 1. The lowest BCUT2D eigenvalue weighted by atomic mass is 9.99. The largest absolute Gasteiger partial charge is 0.326 e. The summed E-state index contributed by atoms with van der Waals surface area (Å²) in [5.74, 6) is 0. The van der Waals surface area contributed by atoms with Crippen LogP contribution < -0.4 is 5.73 Å². The summed E-state index contributed by atoms with van der Waals surface area (Å²) in [5, 5.41) is 5.23. The van der Waals surface area contributed by atoms with E-state index in [1.807, 2.05) is 0 Å². The number of nitrogens with zero attached hydrogens (tertiary/aromatic N) is 5. The molecule has 2 atom stereocenters. The molecule has 3 rings (SSSR count). The first-order valence-electron chi connectivity index (χ1n) is 9.50. The van der Waals surface area contributed by atoms with E-state index in [1.54, 1.807) is 0 Å². The van der Waals surface area contributed by atoms with Gasteiger partial charge in [0.25, 0.3) is 0 Å². The van der Waals surface area contributed by atoms with E-state index < -0.39 is 0 Å². The van der Waals surface area contributed by atoms with Gasteiger partial charge in [-0.3, -0.25) is 4.90 Å². The van der Waals surface area contributed by atoms with Crippen LogP contribution in [0.2, 0.25) is 0 Å². The Balaban J connectivity index is 1.54. The maximum absolute atomic E-state index is 6.44. The Hall–Kier alpha value is -0.240. The molecular weight excluding hydrogens is 288 g/mol. The van der Waals surface area contributed by atoms with Gasteiger partial charge < -0.3 is 15.5 Å². The van der Waals surface area contributed by atoms with Gasteiger partial charge in [-0.2, -0.15) is 0 Å². The van der Waals surface area contributed by atoms with Crippen LogP contribution in [0.3, 0.4) is 0 Å². The van der Waals surface area contributed by atoms with E-state index in [0.717, 1.165) is 26.1 Å². The van der Waals surface area contributed by atoms with Crippen LogP contribution in [0.15, 0.2) is 0 Å². The minimum atomic E-state index is 0.351. The van der Waals surface area contributed by atoms with Crippen molar-refractivity contribution in [3.8, 4) is 0 Å². The smallest absolute Gasteiger partial charge is 0.0375 e. The van der Waals surface area contributed by atoms with Crippen LogP contribution in [-0.4, -0.2) is 116 Å². The van der Waals surface area contributed by atoms with Gasteiger partial charge in [0.2, 0.25) is 0 Å². The third kappa shape index (κ3) is 4.65. The fraction of sp³-hybridized carbons (Fsp3) is 1.00. The van der Waals surface area contributed by atoms with E-state index in [0.29, 0.717) is 12.1 Å². The van der Waals surface area contributed by atoms with E-state index >= 15 is 0 Å². The van der Waals surface area contributed by atoms with Crippen LogP contribution in [0.5, 0.6) is 0 Å². The molecule has 0 saturated carbocycles. The average Bonchev–Trinajstić information content (AvgIpc) is 2.90. The predicted molar refractivity (Wildman–Crippen MR) is 95.3 cm³/mol. The Labute approximate surface area is 142 Å². The van der Waals surface area contributed by atoms with Crippen LogP contribution in [0.1, 0.15) is 19.3 Å². The highest BCUT2D eigenvalue weighted by atomic mass is 15.6. The fourth-order valence-electron chi connectivity index (χ4n) is 4.35. The molecule has 3 saturated heterocycles. The quantitative estimate of drug-likeness (QED) is 0.744. The molecule has 3 aliphatic rings. The van der Waals surface area contributed by atoms with Crippen molar-refractivity contribution in [1.82, 2.24) is 24.7 Å². The van der Waals surface area contributed by atoms with Crippen molar-refractivity contribution in [3.05, 3.63) is 0 Å². The molecule has 0 bridgehead atoms. The number of hydrogen-bond acceptors (Lipinski definition) is 6. The summed E-state index contributed by atoms with van der Waals surface area (Å²) in [4.78, 5) is 7.58. The van der Waals surface area contributed by atoms with Gasteiger partial charge >= 0.3 is 0 Å². The van der Waals surface area contributed by atoms with Crippen LogP contribution in [0.25, 0.3) is 0 Å². The van der Waals surface area contributed by atoms with Crippen molar-refractivity contribution in [2.24, 2.45) is 5.73 Å². The molecule has 134 valence electrons. The second kappa shape index (κ2) is 8.23. The molecule has 2 N–H and O–H groups in total. The summed E-state index contributed by atoms with van der Waals surface area (Å²) in [5.41, 5.74) is 6.44. The standard InChI is InChI=1S/C17H36N6/c1-19-6-3-8-22(13-11-19)23-9-4-7-21(12-14-23)17-15-20(2)10-5-16(17)18/h16-17H,3-15,18H2,1-2H3. The molecule has 0 radical (unpaired) electrons. The first-order valence-corrected chi connectivity index (χ1v) is 9.50. The predicted octanol–water partition coefficient (Wildman–Crippen LogP) is -0.422. The summed E-state index contributed by atoms with van der Waals surface area (Å²) in [6, 6.07) is 0.897. The number of hydrazine groups is 1. The molecule has 3 heterocycles. The zero-order valence-corrected chi connectivity index (χ0v) is 15.2. The normalized spacial score (nSPS) is 35.1. The molecule has 0 aromatic rings. The van der Waals surface area contributed by atoms with Gasteiger partial charge in [-0.05, 0) is 53.0 Å². The topological polar surface area (TPSA) is 42.2 Å². The fourth-order valence-corrected chi connectivity index (χ4v) is 4.35. The highest BCUT2D eigenvalue weighted by Crippen LogP contribution is 2.17. The summed E-state index contributed by atoms with van der Waals surface area (Å²) in [6.45, 7) is 11.9. The van der Waals surface area contributed by atoms with E-state index in [4.69, 9.17) is 5.73 Å². The molecular formula is C17H36N6. The minimum Gasteiger partial charge on any atom is -0.326 e. The lowest BCUT2D eigenvalue weighted by Crippen LogP contribution is -2.58. The molecule has 0 amide bonds. The van der Waals surface area contributed by atoms with Gasteiger partial charge in [-0.1, -0.05) is 0 Å². The SMILES string of the molecule is CN1CCCN(N2CCCN(C3CN(C)CCC3N)CC2)CC1. The third-order valence-corrected chi connectivity index (χ3v) is 5.91. The van der Waals surface area contributed by atoms with E-state index in [-0.39, 0.29) is 0 Å². The monoisotopic (exact) mass is 324 g/mol. The Bertz CT molecular complexity index is 365. The Kier molecular flexibility index (Phi) is 6.29. The first kappa shape index (κ1) is 17.6. The molecule has 6 nitrogen and oxygen atoms in total. The lowest BCUT2D eigenvalue weighted by molar-refractivity contribution is -0.0195. The zero-order chi connectivity index (χ0) is 16.2. The van der Waals surface area contributed by atoms with Crippen molar-refractivity contribution in [3.63, 3.8) is 0 Å². The zero-order valence-electron chi connectivity index (χ0n) is 15.2. The second-order valence-corrected chi connectivity index (χ2v) is 7.74. The Morgan fingerprint density at radius 1 is 0.696 bits per heavy atom. The molecule has 0 aromatic carbocycles. The third-order valence-electron chi connectivity index (χ3n) is 5.91. The second-order valence-electron chi connectivity index (χ2n) is 7.74. The van der Waals surface area contributed by atoms with Gasteiger partial charge in [0.05, 0.1) is 0 Å². The number of rotatable bonds is 2. The Morgan fingerprint density at radius 3 is 2.17 bits per heavy atom. The van der Waals surface area contributed by atoms with Crippen molar-refractivity contribution >= 4 is 0 Å². The lowest BCUT2D eigenvalue weighted by Gasteiger charge is -2.41. The van der Waals surface area contributed by atoms with Crippen molar-refractivity contribution < 1.29 is 0 Å². The maximum Gasteiger partial charge on any atom is 0.0375 e. The minimum absolute atomic E-state index is 0.351. The van der Waals surface area contributed by atoms with Crippen LogP contribution in [0, 0.1) is 0 Å². The van der Waals surface area contributed by atoms with Crippen LogP contribution in [0.4, 0.5) is 0 Å². The van der Waals surface area contributed by atoms with Gasteiger partial charge in [0.1, 0.15) is 0 Å². The summed E-state index contributed by atoms with van der Waals surface area (Å²) in [6.07, 6.45) is 3.69. The summed E-state index contributed by atoms with van der Waals surface area (Å²) >= 11 is 0. The number of likely N-dealkylation sites (tertiary alicyclic amines) is 1. The average molecular weight is 325 g/mol. The van der Waals surface area contributed by atoms with Crippen molar-refractivity contribution in [2.75, 3.05) is 79.5 Å². The number of likely N-dealkylation sites (N-methyl/N-ethyl adjacent to an activating group) is 2.